The highest BCUT2D eigenvalue weighted by Crippen LogP contribution is 2.36. The quantitative estimate of drug-likeness (QED) is 0.792. The van der Waals surface area contributed by atoms with Gasteiger partial charge in [0.05, 0.1) is 0 Å². The molecule has 1 N–H and O–H groups in total. The molecular formula is C23H26N4O3. The summed E-state index contributed by atoms with van der Waals surface area (Å²) in [6.45, 7) is 2.37. The molecule has 4 amide bonds. The highest BCUT2D eigenvalue weighted by Gasteiger charge is 2.52. The molecule has 1 saturated heterocycles. The van der Waals surface area contributed by atoms with Gasteiger partial charge in [0, 0.05) is 12.7 Å². The van der Waals surface area contributed by atoms with E-state index in [0.29, 0.717) is 30.8 Å². The maximum Gasteiger partial charge on any atom is 0.325 e. The van der Waals surface area contributed by atoms with Crippen LogP contribution in [0.5, 0.6) is 0 Å². The van der Waals surface area contributed by atoms with Gasteiger partial charge in [-0.15, -0.1) is 0 Å². The van der Waals surface area contributed by atoms with Crippen LogP contribution in [0.25, 0.3) is 0 Å². The Morgan fingerprint density at radius 2 is 1.80 bits per heavy atom. The Hall–Kier alpha value is -3.22. The number of hydrogen-bond acceptors (Lipinski definition) is 3. The molecule has 2 aromatic rings. The molecule has 0 atom stereocenters. The lowest BCUT2D eigenvalue weighted by Crippen LogP contribution is -2.49. The van der Waals surface area contributed by atoms with E-state index in [-0.39, 0.29) is 12.5 Å². The molecule has 4 rings (SSSR count). The molecule has 2 aliphatic rings. The first-order chi connectivity index (χ1) is 14.5. The van der Waals surface area contributed by atoms with Crippen LogP contribution >= 0.6 is 0 Å². The third-order valence-electron chi connectivity index (χ3n) is 6.02. The minimum Gasteiger partial charge on any atom is -0.328 e. The molecule has 0 bridgehead atoms. The Morgan fingerprint density at radius 3 is 2.53 bits per heavy atom. The molecule has 1 aliphatic carbocycles. The topological polar surface area (TPSA) is 83.8 Å². The average molecular weight is 406 g/mol. The van der Waals surface area contributed by atoms with Gasteiger partial charge >= 0.3 is 6.03 Å². The van der Waals surface area contributed by atoms with Crippen LogP contribution in [0.15, 0.2) is 59.7 Å². The van der Waals surface area contributed by atoms with Crippen LogP contribution in [-0.2, 0) is 16.1 Å². The Labute approximate surface area is 175 Å². The zero-order valence-corrected chi connectivity index (χ0v) is 17.1. The van der Waals surface area contributed by atoms with Gasteiger partial charge in [0.1, 0.15) is 17.6 Å². The third kappa shape index (κ3) is 4.06. The number of nitrogens with one attached hydrogen (secondary N) is 1. The number of rotatable bonds is 4. The molecule has 2 heterocycles. The molecule has 1 aromatic heterocycles. The molecule has 156 valence electrons. The van der Waals surface area contributed by atoms with E-state index in [9.17, 15) is 14.4 Å². The number of nitrogens with zero attached hydrogens (tertiary/aromatic N) is 3. The molecule has 2 fully saturated rings. The van der Waals surface area contributed by atoms with E-state index in [2.05, 4.69) is 17.2 Å². The van der Waals surface area contributed by atoms with Gasteiger partial charge in [-0.25, -0.2) is 4.79 Å². The predicted molar refractivity (Wildman–Crippen MR) is 111 cm³/mol. The number of imide groups is 1. The van der Waals surface area contributed by atoms with Crippen LogP contribution in [0.3, 0.4) is 0 Å². The SMILES string of the molecule is CC1CCC2(CC1)NC(=O)N(CC(=O)N=c1ccccn1Cc1ccccc1)C2=O. The molecule has 0 radical (unpaired) electrons. The van der Waals surface area contributed by atoms with Gasteiger partial charge in [0.2, 0.25) is 0 Å². The zero-order valence-electron chi connectivity index (χ0n) is 17.1. The number of urea groups is 1. The first-order valence-electron chi connectivity index (χ1n) is 10.4. The van der Waals surface area contributed by atoms with Gasteiger partial charge in [0.25, 0.3) is 11.8 Å². The zero-order chi connectivity index (χ0) is 21.1. The van der Waals surface area contributed by atoms with Crippen LogP contribution in [0.1, 0.15) is 38.2 Å². The first kappa shape index (κ1) is 20.1. The highest BCUT2D eigenvalue weighted by atomic mass is 16.2. The molecule has 1 aromatic carbocycles. The summed E-state index contributed by atoms with van der Waals surface area (Å²) in [6, 6.07) is 14.8. The number of amides is 4. The smallest absolute Gasteiger partial charge is 0.325 e. The fourth-order valence-electron chi connectivity index (χ4n) is 4.19. The second-order valence-electron chi connectivity index (χ2n) is 8.26. The Balaban J connectivity index is 1.50. The maximum absolute atomic E-state index is 12.9. The summed E-state index contributed by atoms with van der Waals surface area (Å²) in [7, 11) is 0. The molecule has 7 nitrogen and oxygen atoms in total. The summed E-state index contributed by atoms with van der Waals surface area (Å²) >= 11 is 0. The molecule has 1 spiro atoms. The van der Waals surface area contributed by atoms with Crippen molar-refractivity contribution < 1.29 is 14.4 Å². The van der Waals surface area contributed by atoms with Crippen LogP contribution < -0.4 is 10.8 Å². The van der Waals surface area contributed by atoms with E-state index in [1.807, 2.05) is 47.2 Å². The molecular weight excluding hydrogens is 380 g/mol. The van der Waals surface area contributed by atoms with E-state index >= 15 is 0 Å². The Kier molecular flexibility index (Phi) is 5.53. The van der Waals surface area contributed by atoms with E-state index in [0.717, 1.165) is 23.3 Å². The fraction of sp³-hybridized carbons (Fsp3) is 0.391. The predicted octanol–water partition coefficient (Wildman–Crippen LogP) is 2.46. The summed E-state index contributed by atoms with van der Waals surface area (Å²) < 4.78 is 1.86. The minimum absolute atomic E-state index is 0.298. The number of hydrogen-bond donors (Lipinski definition) is 1. The maximum atomic E-state index is 12.9. The Morgan fingerprint density at radius 1 is 1.10 bits per heavy atom. The molecule has 7 heteroatoms. The lowest BCUT2D eigenvalue weighted by atomic mass is 9.77. The van der Waals surface area contributed by atoms with Crippen molar-refractivity contribution in [3.8, 4) is 0 Å². The number of carbonyl (C=O) groups is 3. The van der Waals surface area contributed by atoms with Crippen LogP contribution in [0.4, 0.5) is 4.79 Å². The van der Waals surface area contributed by atoms with Gasteiger partial charge < -0.3 is 9.88 Å². The fourth-order valence-corrected chi connectivity index (χ4v) is 4.19. The van der Waals surface area contributed by atoms with Crippen molar-refractivity contribution in [3.05, 3.63) is 65.8 Å². The van der Waals surface area contributed by atoms with Gasteiger partial charge in [-0.3, -0.25) is 14.5 Å². The second kappa shape index (κ2) is 8.26. The van der Waals surface area contributed by atoms with E-state index in [1.54, 1.807) is 12.1 Å². The highest BCUT2D eigenvalue weighted by molar-refractivity contribution is 6.09. The van der Waals surface area contributed by atoms with Crippen molar-refractivity contribution in [1.29, 1.82) is 0 Å². The van der Waals surface area contributed by atoms with Gasteiger partial charge in [-0.1, -0.05) is 43.3 Å². The van der Waals surface area contributed by atoms with Crippen molar-refractivity contribution >= 4 is 17.8 Å². The van der Waals surface area contributed by atoms with Crippen molar-refractivity contribution in [3.63, 3.8) is 0 Å². The van der Waals surface area contributed by atoms with Crippen LogP contribution in [0.2, 0.25) is 0 Å². The average Bonchev–Trinajstić information content (AvgIpc) is 2.97. The molecule has 0 unspecified atom stereocenters. The monoisotopic (exact) mass is 406 g/mol. The van der Waals surface area contributed by atoms with Crippen LogP contribution in [-0.4, -0.2) is 39.4 Å². The summed E-state index contributed by atoms with van der Waals surface area (Å²) in [5.41, 5.74) is 0.726. The summed E-state index contributed by atoms with van der Waals surface area (Å²) in [6.07, 6.45) is 4.88. The van der Waals surface area contributed by atoms with Crippen molar-refractivity contribution in [2.24, 2.45) is 10.9 Å². The molecule has 30 heavy (non-hydrogen) atoms. The Bertz CT molecular complexity index is 1020. The van der Waals surface area contributed by atoms with Gasteiger partial charge in [0.15, 0.2) is 0 Å². The lowest BCUT2D eigenvalue weighted by Gasteiger charge is -2.33. The second-order valence-corrected chi connectivity index (χ2v) is 8.26. The largest absolute Gasteiger partial charge is 0.328 e. The van der Waals surface area contributed by atoms with E-state index in [1.165, 1.54) is 0 Å². The summed E-state index contributed by atoms with van der Waals surface area (Å²) in [4.78, 5) is 43.2. The summed E-state index contributed by atoms with van der Waals surface area (Å²) in [5.74, 6) is -0.273. The van der Waals surface area contributed by atoms with E-state index in [4.69, 9.17) is 0 Å². The third-order valence-corrected chi connectivity index (χ3v) is 6.02. The first-order valence-corrected chi connectivity index (χ1v) is 10.4. The molecule has 1 saturated carbocycles. The van der Waals surface area contributed by atoms with Crippen molar-refractivity contribution in [1.82, 2.24) is 14.8 Å². The van der Waals surface area contributed by atoms with Gasteiger partial charge in [-0.05, 0) is 49.3 Å². The normalized spacial score (nSPS) is 24.4. The minimum atomic E-state index is -0.843. The van der Waals surface area contributed by atoms with E-state index < -0.39 is 17.5 Å². The molecule has 1 aliphatic heterocycles. The van der Waals surface area contributed by atoms with Crippen molar-refractivity contribution in [2.45, 2.75) is 44.7 Å². The number of carbonyl (C=O) groups excluding carboxylic acids is 3. The lowest BCUT2D eigenvalue weighted by molar-refractivity contribution is -0.135. The number of pyridine rings is 1. The van der Waals surface area contributed by atoms with Gasteiger partial charge in [-0.2, -0.15) is 4.99 Å². The van der Waals surface area contributed by atoms with Crippen molar-refractivity contribution in [2.75, 3.05) is 6.54 Å². The number of benzene rings is 1. The number of aromatic nitrogens is 1. The standard InChI is InChI=1S/C23H26N4O3/c1-17-10-12-23(13-11-17)21(29)27(22(30)25-23)16-20(28)24-19-9-5-6-14-26(19)15-18-7-3-2-4-8-18/h2-9,14,17H,10-13,15-16H2,1H3,(H,25,30). The van der Waals surface area contributed by atoms with Crippen LogP contribution in [0, 0.1) is 5.92 Å². The summed E-state index contributed by atoms with van der Waals surface area (Å²) in [5, 5.41) is 2.84.